The SMILES string of the molecule is COCc1nccc([C@H]2CCCN(C[C@H]3CCCCO3)C2)n1. The number of methoxy groups -OCH3 is 1. The van der Waals surface area contributed by atoms with Gasteiger partial charge in [-0.1, -0.05) is 0 Å². The van der Waals surface area contributed by atoms with Crippen molar-refractivity contribution in [3.63, 3.8) is 0 Å². The molecule has 5 heteroatoms. The molecule has 2 saturated heterocycles. The van der Waals surface area contributed by atoms with Crippen LogP contribution in [0.15, 0.2) is 12.3 Å². The Bertz CT molecular complexity index is 463. The molecule has 0 aliphatic carbocycles. The van der Waals surface area contributed by atoms with Gasteiger partial charge in [0.1, 0.15) is 6.61 Å². The highest BCUT2D eigenvalue weighted by atomic mass is 16.5. The molecule has 0 spiro atoms. The Hall–Kier alpha value is -1.04. The van der Waals surface area contributed by atoms with Crippen LogP contribution in [0.4, 0.5) is 0 Å². The van der Waals surface area contributed by atoms with Crippen molar-refractivity contribution < 1.29 is 9.47 Å². The molecule has 2 aliphatic rings. The van der Waals surface area contributed by atoms with E-state index in [1.807, 2.05) is 6.20 Å². The molecule has 22 heavy (non-hydrogen) atoms. The molecule has 1 aromatic rings. The van der Waals surface area contributed by atoms with E-state index in [0.29, 0.717) is 18.6 Å². The van der Waals surface area contributed by atoms with E-state index in [-0.39, 0.29) is 0 Å². The van der Waals surface area contributed by atoms with Crippen LogP contribution in [0.5, 0.6) is 0 Å². The molecular formula is C17H27N3O2. The van der Waals surface area contributed by atoms with Gasteiger partial charge in [-0.2, -0.15) is 0 Å². The van der Waals surface area contributed by atoms with Gasteiger partial charge in [-0.3, -0.25) is 0 Å². The molecule has 1 aromatic heterocycles. The first-order chi connectivity index (χ1) is 10.8. The highest BCUT2D eigenvalue weighted by Gasteiger charge is 2.25. The second kappa shape index (κ2) is 7.99. The lowest BCUT2D eigenvalue weighted by atomic mass is 9.94. The average Bonchev–Trinajstić information content (AvgIpc) is 2.57. The van der Waals surface area contributed by atoms with Crippen LogP contribution in [0.3, 0.4) is 0 Å². The zero-order valence-electron chi connectivity index (χ0n) is 13.5. The summed E-state index contributed by atoms with van der Waals surface area (Å²) in [6, 6.07) is 2.06. The molecular weight excluding hydrogens is 278 g/mol. The summed E-state index contributed by atoms with van der Waals surface area (Å²) in [5.74, 6) is 1.30. The molecule has 0 amide bonds. The summed E-state index contributed by atoms with van der Waals surface area (Å²) in [7, 11) is 1.68. The summed E-state index contributed by atoms with van der Waals surface area (Å²) in [4.78, 5) is 11.5. The van der Waals surface area contributed by atoms with Gasteiger partial charge in [0.15, 0.2) is 5.82 Å². The van der Waals surface area contributed by atoms with Crippen LogP contribution in [0.2, 0.25) is 0 Å². The fourth-order valence-corrected chi connectivity index (χ4v) is 3.54. The largest absolute Gasteiger partial charge is 0.377 e. The second-order valence-electron chi connectivity index (χ2n) is 6.42. The maximum Gasteiger partial charge on any atom is 0.154 e. The number of ether oxygens (including phenoxy) is 2. The summed E-state index contributed by atoms with van der Waals surface area (Å²) in [5, 5.41) is 0. The minimum atomic E-state index is 0.432. The average molecular weight is 305 g/mol. The van der Waals surface area contributed by atoms with Crippen molar-refractivity contribution in [1.82, 2.24) is 14.9 Å². The molecule has 0 saturated carbocycles. The quantitative estimate of drug-likeness (QED) is 0.836. The van der Waals surface area contributed by atoms with E-state index in [4.69, 9.17) is 9.47 Å². The van der Waals surface area contributed by atoms with Crippen molar-refractivity contribution in [2.75, 3.05) is 33.4 Å². The molecule has 122 valence electrons. The third-order valence-electron chi connectivity index (χ3n) is 4.66. The second-order valence-corrected chi connectivity index (χ2v) is 6.42. The van der Waals surface area contributed by atoms with E-state index >= 15 is 0 Å². The van der Waals surface area contributed by atoms with Gasteiger partial charge < -0.3 is 14.4 Å². The predicted octanol–water partition coefficient (Wildman–Crippen LogP) is 2.37. The van der Waals surface area contributed by atoms with Gasteiger partial charge in [-0.15, -0.1) is 0 Å². The standard InChI is InChI=1S/C17H27N3O2/c1-21-13-17-18-8-7-16(19-17)14-5-4-9-20(11-14)12-15-6-2-3-10-22-15/h7-8,14-15H,2-6,9-13H2,1H3/t14-,15+/m0/s1. The fraction of sp³-hybridized carbons (Fsp3) is 0.765. The zero-order valence-corrected chi connectivity index (χ0v) is 13.5. The number of likely N-dealkylation sites (tertiary alicyclic amines) is 1. The van der Waals surface area contributed by atoms with E-state index in [0.717, 1.165) is 31.2 Å². The number of nitrogens with zero attached hydrogens (tertiary/aromatic N) is 3. The predicted molar refractivity (Wildman–Crippen MR) is 84.8 cm³/mol. The molecule has 3 rings (SSSR count). The Labute approximate surface area is 133 Å². The highest BCUT2D eigenvalue weighted by Crippen LogP contribution is 2.26. The third-order valence-corrected chi connectivity index (χ3v) is 4.66. The van der Waals surface area contributed by atoms with Crippen molar-refractivity contribution in [2.24, 2.45) is 0 Å². The van der Waals surface area contributed by atoms with Crippen molar-refractivity contribution in [3.8, 4) is 0 Å². The van der Waals surface area contributed by atoms with Crippen LogP contribution in [-0.4, -0.2) is 54.3 Å². The highest BCUT2D eigenvalue weighted by molar-refractivity contribution is 5.10. The monoisotopic (exact) mass is 305 g/mol. The van der Waals surface area contributed by atoms with E-state index in [2.05, 4.69) is 20.9 Å². The van der Waals surface area contributed by atoms with Gasteiger partial charge in [-0.25, -0.2) is 9.97 Å². The molecule has 0 unspecified atom stereocenters. The summed E-state index contributed by atoms with van der Waals surface area (Å²) in [6.07, 6.45) is 8.50. The lowest BCUT2D eigenvalue weighted by molar-refractivity contribution is -0.0101. The fourth-order valence-electron chi connectivity index (χ4n) is 3.54. The Balaban J connectivity index is 1.58. The van der Waals surface area contributed by atoms with Crippen LogP contribution in [0.1, 0.15) is 49.5 Å². The van der Waals surface area contributed by atoms with Gasteiger partial charge in [0.25, 0.3) is 0 Å². The van der Waals surface area contributed by atoms with Crippen LogP contribution in [0, 0.1) is 0 Å². The minimum Gasteiger partial charge on any atom is -0.377 e. The lowest BCUT2D eigenvalue weighted by Crippen LogP contribution is -2.41. The normalized spacial score (nSPS) is 27.0. The molecule has 2 aliphatic heterocycles. The maximum atomic E-state index is 5.89. The topological polar surface area (TPSA) is 47.5 Å². The maximum absolute atomic E-state index is 5.89. The molecule has 2 atom stereocenters. The third kappa shape index (κ3) is 4.24. The lowest BCUT2D eigenvalue weighted by Gasteiger charge is -2.35. The Morgan fingerprint density at radius 1 is 1.32 bits per heavy atom. The van der Waals surface area contributed by atoms with Crippen molar-refractivity contribution in [3.05, 3.63) is 23.8 Å². The molecule has 0 N–H and O–H groups in total. The van der Waals surface area contributed by atoms with Crippen molar-refractivity contribution >= 4 is 0 Å². The van der Waals surface area contributed by atoms with E-state index in [1.165, 1.54) is 38.6 Å². The van der Waals surface area contributed by atoms with Crippen LogP contribution in [0.25, 0.3) is 0 Å². The number of piperidine rings is 1. The Morgan fingerprint density at radius 2 is 2.27 bits per heavy atom. The Morgan fingerprint density at radius 3 is 3.09 bits per heavy atom. The van der Waals surface area contributed by atoms with Crippen molar-refractivity contribution in [2.45, 2.75) is 50.7 Å². The van der Waals surface area contributed by atoms with E-state index in [1.54, 1.807) is 7.11 Å². The zero-order chi connectivity index (χ0) is 15.2. The van der Waals surface area contributed by atoms with Gasteiger partial charge in [0, 0.05) is 44.6 Å². The van der Waals surface area contributed by atoms with Crippen LogP contribution < -0.4 is 0 Å². The number of aromatic nitrogens is 2. The van der Waals surface area contributed by atoms with Crippen LogP contribution in [-0.2, 0) is 16.1 Å². The minimum absolute atomic E-state index is 0.432. The summed E-state index contributed by atoms with van der Waals surface area (Å²) < 4.78 is 11.0. The van der Waals surface area contributed by atoms with E-state index in [9.17, 15) is 0 Å². The van der Waals surface area contributed by atoms with E-state index < -0.39 is 0 Å². The molecule has 0 bridgehead atoms. The van der Waals surface area contributed by atoms with Gasteiger partial charge in [-0.05, 0) is 44.7 Å². The summed E-state index contributed by atoms with van der Waals surface area (Å²) in [5.41, 5.74) is 1.16. The summed E-state index contributed by atoms with van der Waals surface area (Å²) >= 11 is 0. The molecule has 5 nitrogen and oxygen atoms in total. The Kier molecular flexibility index (Phi) is 5.76. The number of rotatable bonds is 5. The smallest absolute Gasteiger partial charge is 0.154 e. The molecule has 0 radical (unpaired) electrons. The number of hydrogen-bond donors (Lipinski definition) is 0. The first-order valence-corrected chi connectivity index (χ1v) is 8.50. The van der Waals surface area contributed by atoms with Gasteiger partial charge in [0.2, 0.25) is 0 Å². The first kappa shape index (κ1) is 15.8. The van der Waals surface area contributed by atoms with Crippen LogP contribution >= 0.6 is 0 Å². The molecule has 2 fully saturated rings. The first-order valence-electron chi connectivity index (χ1n) is 8.50. The summed E-state index contributed by atoms with van der Waals surface area (Å²) in [6.45, 7) is 4.77. The molecule has 0 aromatic carbocycles. The molecule has 3 heterocycles. The van der Waals surface area contributed by atoms with Gasteiger partial charge in [0.05, 0.1) is 6.10 Å². The number of hydrogen-bond acceptors (Lipinski definition) is 5. The van der Waals surface area contributed by atoms with Crippen molar-refractivity contribution in [1.29, 1.82) is 0 Å². The van der Waals surface area contributed by atoms with Gasteiger partial charge >= 0.3 is 0 Å².